The molecule has 2 saturated heterocycles. The first-order valence-electron chi connectivity index (χ1n) is 13.9. The summed E-state index contributed by atoms with van der Waals surface area (Å²) in [6, 6.07) is 1.63. The number of hydrogen-bond donors (Lipinski definition) is 0. The van der Waals surface area contributed by atoms with Crippen molar-refractivity contribution >= 4 is 33.3 Å². The minimum atomic E-state index is -4.23. The van der Waals surface area contributed by atoms with Crippen molar-refractivity contribution in [2.45, 2.75) is 83.9 Å². The Morgan fingerprint density at radius 1 is 1.08 bits per heavy atom. The number of hydrogen-bond acceptors (Lipinski definition) is 7. The zero-order valence-corrected chi connectivity index (χ0v) is 23.5. The lowest BCUT2D eigenvalue weighted by molar-refractivity contribution is -0.156. The molecule has 3 fully saturated rings. The van der Waals surface area contributed by atoms with Crippen LogP contribution in [0.3, 0.4) is 0 Å². The summed E-state index contributed by atoms with van der Waals surface area (Å²) in [5.41, 5.74) is -0.203. The molecule has 0 amide bonds. The SMILES string of the molecule is CC(C)(C)OC(=O)CC1CCC(CN2CCC3(CCN(c4ncnc5sc(CC(F)(F)F)cc45)C3)C2)CC1. The van der Waals surface area contributed by atoms with Gasteiger partial charge in [-0.05, 0) is 83.7 Å². The number of halogens is 3. The number of ether oxygens (including phenoxy) is 1. The molecule has 1 aliphatic carbocycles. The number of anilines is 1. The average Bonchev–Trinajstić information content (AvgIpc) is 3.51. The zero-order valence-electron chi connectivity index (χ0n) is 22.6. The molecule has 0 bridgehead atoms. The molecule has 1 atom stereocenters. The summed E-state index contributed by atoms with van der Waals surface area (Å²) < 4.78 is 44.3. The first-order chi connectivity index (χ1) is 17.9. The summed E-state index contributed by atoms with van der Waals surface area (Å²) in [5, 5.41) is 0.742. The smallest absolute Gasteiger partial charge is 0.393 e. The first-order valence-corrected chi connectivity index (χ1v) is 14.7. The van der Waals surface area contributed by atoms with Crippen molar-refractivity contribution in [3.05, 3.63) is 17.3 Å². The number of carbonyl (C=O) groups excluding carboxylic acids is 1. The van der Waals surface area contributed by atoms with Gasteiger partial charge in [0, 0.05) is 42.9 Å². The predicted molar refractivity (Wildman–Crippen MR) is 143 cm³/mol. The molecular formula is C28H39F3N4O2S. The fourth-order valence-electron chi connectivity index (χ4n) is 6.66. The van der Waals surface area contributed by atoms with Gasteiger partial charge in [-0.15, -0.1) is 11.3 Å². The van der Waals surface area contributed by atoms with Crippen LogP contribution in [0.2, 0.25) is 0 Å². The summed E-state index contributed by atoms with van der Waals surface area (Å²) in [5.74, 6) is 1.82. The quantitative estimate of drug-likeness (QED) is 0.396. The molecule has 0 N–H and O–H groups in total. The molecule has 0 aromatic carbocycles. The molecule has 5 rings (SSSR count). The van der Waals surface area contributed by atoms with Crippen LogP contribution in [0.15, 0.2) is 12.4 Å². The van der Waals surface area contributed by atoms with Gasteiger partial charge < -0.3 is 14.5 Å². The Morgan fingerprint density at radius 3 is 2.50 bits per heavy atom. The van der Waals surface area contributed by atoms with Gasteiger partial charge in [-0.25, -0.2) is 9.97 Å². The van der Waals surface area contributed by atoms with Gasteiger partial charge in [0.2, 0.25) is 0 Å². The van der Waals surface area contributed by atoms with Crippen LogP contribution in [0.5, 0.6) is 0 Å². The molecule has 2 aromatic rings. The number of fused-ring (bicyclic) bond motifs is 1. The van der Waals surface area contributed by atoms with E-state index in [-0.39, 0.29) is 16.3 Å². The lowest BCUT2D eigenvalue weighted by Gasteiger charge is -2.32. The summed E-state index contributed by atoms with van der Waals surface area (Å²) >= 11 is 1.11. The van der Waals surface area contributed by atoms with E-state index in [0.29, 0.717) is 23.1 Å². The second-order valence-electron chi connectivity index (χ2n) is 12.8. The van der Waals surface area contributed by atoms with E-state index >= 15 is 0 Å². The standard InChI is InChI=1S/C28H39F3N4O2S/c1-26(2,3)37-23(36)12-19-4-6-20(7-5-19)15-34-10-8-27(16-34)9-11-35(17-27)24-22-13-21(14-28(29,30)31)38-25(22)33-18-32-24/h13,18-20H,4-12,14-17H2,1-3H3. The molecule has 1 spiro atoms. The summed E-state index contributed by atoms with van der Waals surface area (Å²) in [7, 11) is 0. The highest BCUT2D eigenvalue weighted by Crippen LogP contribution is 2.43. The summed E-state index contributed by atoms with van der Waals surface area (Å²) in [4.78, 5) is 26.8. The minimum absolute atomic E-state index is 0.0757. The second kappa shape index (κ2) is 10.6. The normalized spacial score (nSPS) is 27.1. The van der Waals surface area contributed by atoms with Gasteiger partial charge in [0.15, 0.2) is 0 Å². The van der Waals surface area contributed by atoms with Crippen LogP contribution in [0.1, 0.15) is 70.6 Å². The Balaban J connectivity index is 1.13. The Bertz CT molecular complexity index is 1140. The van der Waals surface area contributed by atoms with Crippen LogP contribution in [0.25, 0.3) is 10.2 Å². The Labute approximate surface area is 226 Å². The molecule has 3 aliphatic rings. The van der Waals surface area contributed by atoms with Crippen LogP contribution in [0.4, 0.5) is 19.0 Å². The number of thiophene rings is 1. The fourth-order valence-corrected chi connectivity index (χ4v) is 7.69. The maximum atomic E-state index is 12.9. The maximum Gasteiger partial charge on any atom is 0.393 e. The predicted octanol–water partition coefficient (Wildman–Crippen LogP) is 6.24. The number of aromatic nitrogens is 2. The first kappa shape index (κ1) is 27.6. The van der Waals surface area contributed by atoms with Crippen molar-refractivity contribution in [1.29, 1.82) is 0 Å². The van der Waals surface area contributed by atoms with Crippen molar-refractivity contribution in [1.82, 2.24) is 14.9 Å². The third kappa shape index (κ3) is 6.79. The van der Waals surface area contributed by atoms with Crippen molar-refractivity contribution in [3.63, 3.8) is 0 Å². The van der Waals surface area contributed by atoms with Crippen LogP contribution in [0, 0.1) is 17.3 Å². The van der Waals surface area contributed by atoms with E-state index in [1.165, 1.54) is 19.2 Å². The molecule has 4 heterocycles. The maximum absolute atomic E-state index is 12.9. The number of esters is 1. The molecule has 210 valence electrons. The van der Waals surface area contributed by atoms with Gasteiger partial charge in [0.1, 0.15) is 22.6 Å². The molecule has 1 saturated carbocycles. The number of alkyl halides is 3. The third-order valence-corrected chi connectivity index (χ3v) is 9.39. The Hall–Kier alpha value is -1.94. The van der Waals surface area contributed by atoms with Gasteiger partial charge in [-0.1, -0.05) is 0 Å². The van der Waals surface area contributed by atoms with Crippen molar-refractivity contribution in [3.8, 4) is 0 Å². The van der Waals surface area contributed by atoms with Gasteiger partial charge in [0.25, 0.3) is 0 Å². The molecular weight excluding hydrogens is 513 g/mol. The third-order valence-electron chi connectivity index (χ3n) is 8.35. The molecule has 2 aromatic heterocycles. The van der Waals surface area contributed by atoms with E-state index in [4.69, 9.17) is 4.74 Å². The van der Waals surface area contributed by atoms with E-state index in [2.05, 4.69) is 19.8 Å². The van der Waals surface area contributed by atoms with Crippen LogP contribution >= 0.6 is 11.3 Å². The van der Waals surface area contributed by atoms with E-state index in [9.17, 15) is 18.0 Å². The molecule has 0 radical (unpaired) electrons. The van der Waals surface area contributed by atoms with E-state index in [0.717, 1.165) is 80.9 Å². The highest BCUT2D eigenvalue weighted by Gasteiger charge is 2.44. The van der Waals surface area contributed by atoms with Crippen LogP contribution in [-0.4, -0.2) is 65.3 Å². The molecule has 2 aliphatic heterocycles. The number of rotatable bonds is 6. The van der Waals surface area contributed by atoms with Crippen molar-refractivity contribution < 1.29 is 22.7 Å². The number of nitrogens with zero attached hydrogens (tertiary/aromatic N) is 4. The monoisotopic (exact) mass is 552 g/mol. The highest BCUT2D eigenvalue weighted by atomic mass is 32.1. The number of likely N-dealkylation sites (tertiary alicyclic amines) is 1. The number of carbonyl (C=O) groups is 1. The lowest BCUT2D eigenvalue weighted by atomic mass is 9.80. The Kier molecular flexibility index (Phi) is 7.68. The summed E-state index contributed by atoms with van der Waals surface area (Å²) in [6.45, 7) is 10.8. The zero-order chi connectivity index (χ0) is 27.1. The minimum Gasteiger partial charge on any atom is -0.460 e. The van der Waals surface area contributed by atoms with Gasteiger partial charge in [-0.3, -0.25) is 4.79 Å². The Morgan fingerprint density at radius 2 is 1.79 bits per heavy atom. The largest absolute Gasteiger partial charge is 0.460 e. The average molecular weight is 553 g/mol. The van der Waals surface area contributed by atoms with Crippen LogP contribution < -0.4 is 4.90 Å². The molecule has 1 unspecified atom stereocenters. The van der Waals surface area contributed by atoms with Crippen molar-refractivity contribution in [2.24, 2.45) is 17.3 Å². The topological polar surface area (TPSA) is 58.6 Å². The van der Waals surface area contributed by atoms with E-state index in [1.54, 1.807) is 6.07 Å². The van der Waals surface area contributed by atoms with Crippen LogP contribution in [-0.2, 0) is 16.0 Å². The van der Waals surface area contributed by atoms with E-state index in [1.807, 2.05) is 20.8 Å². The summed E-state index contributed by atoms with van der Waals surface area (Å²) in [6.07, 6.45) is 3.62. The molecule has 38 heavy (non-hydrogen) atoms. The lowest BCUT2D eigenvalue weighted by Crippen LogP contribution is -2.34. The second-order valence-corrected chi connectivity index (χ2v) is 13.9. The highest BCUT2D eigenvalue weighted by molar-refractivity contribution is 7.18. The fraction of sp³-hybridized carbons (Fsp3) is 0.750. The molecule has 6 nitrogen and oxygen atoms in total. The van der Waals surface area contributed by atoms with Gasteiger partial charge in [0.05, 0.1) is 11.8 Å². The molecule has 10 heteroatoms. The van der Waals surface area contributed by atoms with E-state index < -0.39 is 18.2 Å². The van der Waals surface area contributed by atoms with Gasteiger partial charge in [-0.2, -0.15) is 13.2 Å². The van der Waals surface area contributed by atoms with Crippen molar-refractivity contribution in [2.75, 3.05) is 37.6 Å². The van der Waals surface area contributed by atoms with Gasteiger partial charge >= 0.3 is 12.1 Å².